The Morgan fingerprint density at radius 3 is 2.52 bits per heavy atom. The first kappa shape index (κ1) is 16.9. The smallest absolute Gasteiger partial charge is 0.326 e. The molecule has 0 aromatic heterocycles. The summed E-state index contributed by atoms with van der Waals surface area (Å²) in [5, 5.41) is 22.0. The molecule has 2 atom stereocenters. The summed E-state index contributed by atoms with van der Waals surface area (Å²) in [7, 11) is 0. The number of halogens is 1. The molecule has 0 spiro atoms. The van der Waals surface area contributed by atoms with Gasteiger partial charge in [-0.25, -0.2) is 4.79 Å². The second-order valence-corrected chi connectivity index (χ2v) is 5.00. The summed E-state index contributed by atoms with van der Waals surface area (Å²) >= 11 is 5.83. The van der Waals surface area contributed by atoms with Crippen LogP contribution < -0.4 is 5.32 Å². The molecule has 0 saturated heterocycles. The van der Waals surface area contributed by atoms with Crippen molar-refractivity contribution in [3.05, 3.63) is 38.9 Å². The number of nitrogens with one attached hydrogen (secondary N) is 1. The van der Waals surface area contributed by atoms with Gasteiger partial charge in [0.05, 0.1) is 15.5 Å². The number of nitrogens with zero attached hydrogens (tertiary/aromatic N) is 1. The molecule has 0 heterocycles. The highest BCUT2D eigenvalue weighted by atomic mass is 35.5. The van der Waals surface area contributed by atoms with Crippen LogP contribution in [0, 0.1) is 16.0 Å². The van der Waals surface area contributed by atoms with Crippen molar-refractivity contribution in [2.24, 2.45) is 5.92 Å². The number of aliphatic carboxylic acids is 1. The molecule has 1 aromatic carbocycles. The van der Waals surface area contributed by atoms with Gasteiger partial charge in [0.25, 0.3) is 11.6 Å². The van der Waals surface area contributed by atoms with Crippen LogP contribution in [-0.4, -0.2) is 27.9 Å². The molecule has 0 aliphatic carbocycles. The zero-order valence-electron chi connectivity index (χ0n) is 11.5. The molecular formula is C13H15ClN2O5. The molecule has 7 nitrogen and oxygen atoms in total. The van der Waals surface area contributed by atoms with Crippen LogP contribution in [0.15, 0.2) is 18.2 Å². The first-order chi connectivity index (χ1) is 9.77. The predicted octanol–water partition coefficient (Wildman–Crippen LogP) is 2.48. The van der Waals surface area contributed by atoms with E-state index >= 15 is 0 Å². The molecule has 0 saturated carbocycles. The van der Waals surface area contributed by atoms with Gasteiger partial charge in [0.15, 0.2) is 0 Å². The summed E-state index contributed by atoms with van der Waals surface area (Å²) in [6.45, 7) is 3.52. The van der Waals surface area contributed by atoms with Crippen molar-refractivity contribution in [1.82, 2.24) is 5.32 Å². The zero-order valence-corrected chi connectivity index (χ0v) is 12.3. The maximum absolute atomic E-state index is 12.1. The summed E-state index contributed by atoms with van der Waals surface area (Å²) in [6, 6.07) is 2.34. The van der Waals surface area contributed by atoms with E-state index in [2.05, 4.69) is 5.32 Å². The van der Waals surface area contributed by atoms with Gasteiger partial charge in [0, 0.05) is 12.1 Å². The summed E-state index contributed by atoms with van der Waals surface area (Å²) < 4.78 is 0. The lowest BCUT2D eigenvalue weighted by Crippen LogP contribution is -2.45. The minimum absolute atomic E-state index is 0.00294. The number of rotatable bonds is 6. The van der Waals surface area contributed by atoms with Crippen LogP contribution in [0.25, 0.3) is 0 Å². The summed E-state index contributed by atoms with van der Waals surface area (Å²) in [6.07, 6.45) is 0.575. The first-order valence-corrected chi connectivity index (χ1v) is 6.63. The average Bonchev–Trinajstić information content (AvgIpc) is 2.42. The van der Waals surface area contributed by atoms with Gasteiger partial charge in [-0.05, 0) is 12.0 Å². The van der Waals surface area contributed by atoms with Crippen molar-refractivity contribution >= 4 is 29.2 Å². The third-order valence-electron chi connectivity index (χ3n) is 3.17. The molecule has 1 aromatic rings. The molecule has 21 heavy (non-hydrogen) atoms. The van der Waals surface area contributed by atoms with E-state index in [4.69, 9.17) is 16.7 Å². The van der Waals surface area contributed by atoms with Gasteiger partial charge in [-0.2, -0.15) is 0 Å². The van der Waals surface area contributed by atoms with Gasteiger partial charge in [-0.3, -0.25) is 14.9 Å². The van der Waals surface area contributed by atoms with E-state index in [0.717, 1.165) is 12.1 Å². The monoisotopic (exact) mass is 314 g/mol. The Kier molecular flexibility index (Phi) is 5.66. The summed E-state index contributed by atoms with van der Waals surface area (Å²) in [4.78, 5) is 33.2. The van der Waals surface area contributed by atoms with E-state index in [-0.39, 0.29) is 22.2 Å². The number of hydrogen-bond acceptors (Lipinski definition) is 4. The van der Waals surface area contributed by atoms with Crippen LogP contribution in [-0.2, 0) is 4.79 Å². The van der Waals surface area contributed by atoms with Gasteiger partial charge in [-0.15, -0.1) is 0 Å². The molecule has 0 aliphatic rings. The van der Waals surface area contributed by atoms with E-state index in [1.807, 2.05) is 6.92 Å². The minimum atomic E-state index is -1.14. The van der Waals surface area contributed by atoms with Crippen LogP contribution in [0.5, 0.6) is 0 Å². The first-order valence-electron chi connectivity index (χ1n) is 6.25. The number of nitro groups is 1. The Balaban J connectivity index is 2.98. The van der Waals surface area contributed by atoms with Crippen molar-refractivity contribution in [2.75, 3.05) is 0 Å². The third-order valence-corrected chi connectivity index (χ3v) is 3.49. The van der Waals surface area contributed by atoms with Crippen molar-refractivity contribution < 1.29 is 19.6 Å². The minimum Gasteiger partial charge on any atom is -0.480 e. The number of hydrogen-bond donors (Lipinski definition) is 2. The largest absolute Gasteiger partial charge is 0.480 e. The van der Waals surface area contributed by atoms with Crippen LogP contribution >= 0.6 is 11.6 Å². The molecule has 2 N–H and O–H groups in total. The van der Waals surface area contributed by atoms with Crippen molar-refractivity contribution in [2.45, 2.75) is 26.3 Å². The predicted molar refractivity (Wildman–Crippen MR) is 76.5 cm³/mol. The van der Waals surface area contributed by atoms with Gasteiger partial charge in [0.1, 0.15) is 6.04 Å². The van der Waals surface area contributed by atoms with Crippen molar-refractivity contribution in [1.29, 1.82) is 0 Å². The highest BCUT2D eigenvalue weighted by Gasteiger charge is 2.26. The molecule has 1 amide bonds. The second-order valence-electron chi connectivity index (χ2n) is 4.60. The molecule has 0 bridgehead atoms. The number of carboxylic acids is 1. The highest BCUT2D eigenvalue weighted by Crippen LogP contribution is 2.22. The summed E-state index contributed by atoms with van der Waals surface area (Å²) in [5.41, 5.74) is -0.245. The lowest BCUT2D eigenvalue weighted by Gasteiger charge is -2.20. The Labute approximate surface area is 126 Å². The SMILES string of the molecule is CCC(C)[C@H](NC(=O)c1ccc([N+](=O)[O-])cc1Cl)C(=O)O. The average molecular weight is 315 g/mol. The normalized spacial score (nSPS) is 13.3. The fourth-order valence-electron chi connectivity index (χ4n) is 1.70. The lowest BCUT2D eigenvalue weighted by atomic mass is 9.99. The topological polar surface area (TPSA) is 110 Å². The molecule has 1 unspecified atom stereocenters. The van der Waals surface area contributed by atoms with E-state index in [1.165, 1.54) is 6.07 Å². The Morgan fingerprint density at radius 1 is 1.48 bits per heavy atom. The fourth-order valence-corrected chi connectivity index (χ4v) is 1.96. The van der Waals surface area contributed by atoms with E-state index in [9.17, 15) is 19.7 Å². The Morgan fingerprint density at radius 2 is 2.10 bits per heavy atom. The molecule has 114 valence electrons. The molecule has 0 radical (unpaired) electrons. The van der Waals surface area contributed by atoms with Crippen molar-refractivity contribution in [3.63, 3.8) is 0 Å². The standard InChI is InChI=1S/C13H15ClN2O5/c1-3-7(2)11(13(18)19)15-12(17)9-5-4-8(16(20)21)6-10(9)14/h4-7,11H,3H2,1-2H3,(H,15,17)(H,18,19)/t7?,11-/m0/s1. The molecular weight excluding hydrogens is 300 g/mol. The number of nitro benzene ring substituents is 1. The van der Waals surface area contributed by atoms with E-state index in [1.54, 1.807) is 6.92 Å². The van der Waals surface area contributed by atoms with Crippen LogP contribution in [0.4, 0.5) is 5.69 Å². The van der Waals surface area contributed by atoms with Crippen molar-refractivity contribution in [3.8, 4) is 0 Å². The number of benzene rings is 1. The Bertz CT molecular complexity index is 576. The number of amides is 1. The molecule has 0 aliphatic heterocycles. The second kappa shape index (κ2) is 7.03. The lowest BCUT2D eigenvalue weighted by molar-refractivity contribution is -0.384. The zero-order chi connectivity index (χ0) is 16.2. The molecule has 8 heteroatoms. The van der Waals surface area contributed by atoms with Gasteiger partial charge >= 0.3 is 5.97 Å². The van der Waals surface area contributed by atoms with Crippen LogP contribution in [0.1, 0.15) is 30.6 Å². The number of non-ortho nitro benzene ring substituents is 1. The molecule has 0 fully saturated rings. The third kappa shape index (κ3) is 4.16. The fraction of sp³-hybridized carbons (Fsp3) is 0.385. The Hall–Kier alpha value is -2.15. The number of carbonyl (C=O) groups excluding carboxylic acids is 1. The number of carboxylic acid groups (broad SMARTS) is 1. The van der Waals surface area contributed by atoms with E-state index in [0.29, 0.717) is 6.42 Å². The van der Waals surface area contributed by atoms with Gasteiger partial charge < -0.3 is 10.4 Å². The quantitative estimate of drug-likeness (QED) is 0.619. The number of carbonyl (C=O) groups is 2. The van der Waals surface area contributed by atoms with E-state index < -0.39 is 22.8 Å². The maximum atomic E-state index is 12.1. The highest BCUT2D eigenvalue weighted by molar-refractivity contribution is 6.34. The van der Waals surface area contributed by atoms with Crippen LogP contribution in [0.3, 0.4) is 0 Å². The van der Waals surface area contributed by atoms with Gasteiger partial charge in [0.2, 0.25) is 0 Å². The maximum Gasteiger partial charge on any atom is 0.326 e. The van der Waals surface area contributed by atoms with Crippen LogP contribution in [0.2, 0.25) is 5.02 Å². The summed E-state index contributed by atoms with van der Waals surface area (Å²) in [5.74, 6) is -2.08. The molecule has 1 rings (SSSR count). The van der Waals surface area contributed by atoms with Gasteiger partial charge in [-0.1, -0.05) is 31.9 Å².